The molecule has 184 valence electrons. The molecule has 8 nitrogen and oxygen atoms in total. The Bertz CT molecular complexity index is 1040. The maximum absolute atomic E-state index is 12.3. The highest BCUT2D eigenvalue weighted by Gasteiger charge is 2.35. The van der Waals surface area contributed by atoms with Crippen molar-refractivity contribution in [3.63, 3.8) is 0 Å². The van der Waals surface area contributed by atoms with Crippen molar-refractivity contribution >= 4 is 54.5 Å². The van der Waals surface area contributed by atoms with E-state index < -0.39 is 0 Å². The van der Waals surface area contributed by atoms with E-state index in [0.717, 1.165) is 43.3 Å². The van der Waals surface area contributed by atoms with Crippen molar-refractivity contribution in [2.45, 2.75) is 19.5 Å². The third kappa shape index (κ3) is 7.80. The molecule has 2 saturated heterocycles. The number of nitrogens with two attached hydrogens (primary N) is 1. The predicted octanol–water partition coefficient (Wildman–Crippen LogP) is 3.97. The minimum Gasteiger partial charge on any atom is -0.397 e. The number of hydrogen-bond acceptors (Lipinski definition) is 7. The van der Waals surface area contributed by atoms with Gasteiger partial charge in [0.25, 0.3) is 5.91 Å². The fraction of sp³-hybridized carbons (Fsp3) is 0.261. The Hall–Kier alpha value is -2.46. The molecule has 2 atom stereocenters. The van der Waals surface area contributed by atoms with E-state index in [0.29, 0.717) is 23.1 Å². The van der Waals surface area contributed by atoms with E-state index in [-0.39, 0.29) is 43.1 Å². The summed E-state index contributed by atoms with van der Waals surface area (Å²) < 4.78 is 5.12. The molecule has 5 rings (SSSR count). The zero-order valence-corrected chi connectivity index (χ0v) is 21.1. The van der Waals surface area contributed by atoms with Gasteiger partial charge in [0, 0.05) is 30.3 Å². The molecule has 0 radical (unpaired) electrons. The Kier molecular flexibility index (Phi) is 12.2. The van der Waals surface area contributed by atoms with Gasteiger partial charge in [-0.15, -0.1) is 37.2 Å². The smallest absolute Gasteiger partial charge is 0.255 e. The number of anilines is 2. The maximum atomic E-state index is 12.3. The van der Waals surface area contributed by atoms with E-state index in [4.69, 9.17) is 10.5 Å². The number of rotatable bonds is 4. The molecule has 0 spiro atoms. The van der Waals surface area contributed by atoms with Gasteiger partial charge in [0.15, 0.2) is 0 Å². The zero-order valence-electron chi connectivity index (χ0n) is 18.6. The van der Waals surface area contributed by atoms with E-state index in [9.17, 15) is 4.79 Å². The van der Waals surface area contributed by atoms with E-state index >= 15 is 0 Å². The Morgan fingerprint density at radius 1 is 1.15 bits per heavy atom. The van der Waals surface area contributed by atoms with Gasteiger partial charge in [-0.3, -0.25) is 4.79 Å². The topological polar surface area (TPSA) is 115 Å². The number of aromatic nitrogens is 2. The van der Waals surface area contributed by atoms with Crippen LogP contribution in [0.4, 0.5) is 11.4 Å². The van der Waals surface area contributed by atoms with Gasteiger partial charge in [-0.2, -0.15) is 0 Å². The minimum absolute atomic E-state index is 0. The Morgan fingerprint density at radius 3 is 2.50 bits per heavy atom. The van der Waals surface area contributed by atoms with Crippen LogP contribution >= 0.6 is 37.2 Å². The number of nitrogens with one attached hydrogen (secondary N) is 2. The van der Waals surface area contributed by atoms with Gasteiger partial charge in [-0.1, -0.05) is 31.2 Å². The second kappa shape index (κ2) is 14.1. The molecule has 2 unspecified atom stereocenters. The van der Waals surface area contributed by atoms with Crippen LogP contribution in [-0.4, -0.2) is 46.8 Å². The molecule has 2 aliphatic rings. The first-order valence-corrected chi connectivity index (χ1v) is 10.3. The standard InChI is InChI=1S/C19H18N4O.C4H8N2O.3ClH/c1-2-18-21-12-11-16(22-18)13-7-9-14(10-8-13)19(24)23-17-6-4-3-5-15(17)20;1-2-7-3-4-5-6(1)4;;;/h3-12H,2,20H2,1H3,(H,23,24);4-5H,1-3H2;3*1H. The molecule has 0 aliphatic carbocycles. The Labute approximate surface area is 217 Å². The molecule has 0 bridgehead atoms. The van der Waals surface area contributed by atoms with Gasteiger partial charge >= 0.3 is 0 Å². The lowest BCUT2D eigenvalue weighted by molar-refractivity contribution is 0.0872. The van der Waals surface area contributed by atoms with Gasteiger partial charge in [0.1, 0.15) is 12.0 Å². The minimum atomic E-state index is -0.198. The van der Waals surface area contributed by atoms with E-state index in [1.807, 2.05) is 37.3 Å². The van der Waals surface area contributed by atoms with Crippen LogP contribution in [0.3, 0.4) is 0 Å². The highest BCUT2D eigenvalue weighted by atomic mass is 35.5. The highest BCUT2D eigenvalue weighted by molar-refractivity contribution is 6.05. The summed E-state index contributed by atoms with van der Waals surface area (Å²) >= 11 is 0. The van der Waals surface area contributed by atoms with Crippen LogP contribution < -0.4 is 16.5 Å². The van der Waals surface area contributed by atoms with Crippen LogP contribution in [0.2, 0.25) is 0 Å². The van der Waals surface area contributed by atoms with E-state index in [1.165, 1.54) is 0 Å². The third-order valence-electron chi connectivity index (χ3n) is 5.05. The van der Waals surface area contributed by atoms with Gasteiger partial charge in [0.05, 0.1) is 30.3 Å². The molecule has 3 heterocycles. The lowest BCUT2D eigenvalue weighted by atomic mass is 10.1. The number of para-hydroxylation sites is 2. The quantitative estimate of drug-likeness (QED) is 0.347. The molecular formula is C23H29Cl3N6O2. The molecular weight excluding hydrogens is 499 g/mol. The van der Waals surface area contributed by atoms with Gasteiger partial charge in [-0.25, -0.2) is 20.4 Å². The van der Waals surface area contributed by atoms with Crippen LogP contribution in [0.15, 0.2) is 60.8 Å². The fourth-order valence-corrected chi connectivity index (χ4v) is 3.19. The molecule has 1 amide bonds. The largest absolute Gasteiger partial charge is 0.397 e. The number of amides is 1. The summed E-state index contributed by atoms with van der Waals surface area (Å²) in [6.07, 6.45) is 3.10. The van der Waals surface area contributed by atoms with Crippen molar-refractivity contribution in [3.05, 3.63) is 72.2 Å². The SMILES string of the molecule is C1CN2NC2CO1.CCc1nccc(-c2ccc(C(=O)Nc3ccccc3N)cc2)n1.Cl.Cl.Cl. The molecule has 2 fully saturated rings. The van der Waals surface area contributed by atoms with Gasteiger partial charge in [-0.05, 0) is 30.3 Å². The first-order chi connectivity index (χ1) is 15.1. The number of hydrogen-bond donors (Lipinski definition) is 3. The zero-order chi connectivity index (χ0) is 21.6. The van der Waals surface area contributed by atoms with Crippen LogP contribution in [0, 0.1) is 0 Å². The number of halogens is 3. The predicted molar refractivity (Wildman–Crippen MR) is 142 cm³/mol. The lowest BCUT2D eigenvalue weighted by Gasteiger charge is -2.08. The lowest BCUT2D eigenvalue weighted by Crippen LogP contribution is -2.20. The number of benzene rings is 2. The summed E-state index contributed by atoms with van der Waals surface area (Å²) in [5, 5.41) is 5.00. The Balaban J connectivity index is 0.000000492. The number of fused-ring (bicyclic) bond motifs is 1. The fourth-order valence-electron chi connectivity index (χ4n) is 3.19. The number of nitrogens with zero attached hydrogens (tertiary/aromatic N) is 3. The van der Waals surface area contributed by atoms with Crippen molar-refractivity contribution in [1.29, 1.82) is 0 Å². The second-order valence-corrected chi connectivity index (χ2v) is 7.24. The summed E-state index contributed by atoms with van der Waals surface area (Å²) in [7, 11) is 0. The van der Waals surface area contributed by atoms with Crippen LogP contribution in [-0.2, 0) is 11.2 Å². The molecule has 2 aromatic carbocycles. The average Bonchev–Trinajstić information content (AvgIpc) is 3.61. The number of carbonyl (C=O) groups excluding carboxylic acids is 1. The molecule has 4 N–H and O–H groups in total. The van der Waals surface area contributed by atoms with Crippen molar-refractivity contribution < 1.29 is 9.53 Å². The molecule has 1 aromatic heterocycles. The molecule has 2 aliphatic heterocycles. The number of aryl methyl sites for hydroxylation is 1. The molecule has 3 aromatic rings. The summed E-state index contributed by atoms with van der Waals surface area (Å²) in [6, 6.07) is 16.3. The second-order valence-electron chi connectivity index (χ2n) is 7.24. The van der Waals surface area contributed by atoms with E-state index in [2.05, 4.69) is 25.7 Å². The highest BCUT2D eigenvalue weighted by Crippen LogP contribution is 2.20. The summed E-state index contributed by atoms with van der Waals surface area (Å²) in [5.41, 5.74) is 12.5. The number of morpholine rings is 1. The maximum Gasteiger partial charge on any atom is 0.255 e. The third-order valence-corrected chi connectivity index (χ3v) is 5.05. The first kappa shape index (κ1) is 29.6. The molecule has 11 heteroatoms. The van der Waals surface area contributed by atoms with Gasteiger partial charge < -0.3 is 15.8 Å². The van der Waals surface area contributed by atoms with Crippen molar-refractivity contribution in [3.8, 4) is 11.3 Å². The monoisotopic (exact) mass is 526 g/mol. The van der Waals surface area contributed by atoms with Crippen molar-refractivity contribution in [2.24, 2.45) is 0 Å². The van der Waals surface area contributed by atoms with E-state index in [1.54, 1.807) is 30.5 Å². The van der Waals surface area contributed by atoms with Crippen molar-refractivity contribution in [2.75, 3.05) is 30.8 Å². The summed E-state index contributed by atoms with van der Waals surface area (Å²) in [4.78, 5) is 21.0. The van der Waals surface area contributed by atoms with Crippen molar-refractivity contribution in [1.82, 2.24) is 20.4 Å². The Morgan fingerprint density at radius 2 is 1.88 bits per heavy atom. The van der Waals surface area contributed by atoms with Gasteiger partial charge in [0.2, 0.25) is 0 Å². The number of ether oxygens (including phenoxy) is 1. The number of carbonyl (C=O) groups is 1. The van der Waals surface area contributed by atoms with Crippen LogP contribution in [0.1, 0.15) is 23.1 Å². The number of nitrogen functional groups attached to an aromatic ring is 1. The van der Waals surface area contributed by atoms with Crippen LogP contribution in [0.5, 0.6) is 0 Å². The summed E-state index contributed by atoms with van der Waals surface area (Å²) in [5.74, 6) is 0.602. The normalized spacial score (nSPS) is 17.2. The molecule has 0 saturated carbocycles. The number of hydrazine groups is 1. The van der Waals surface area contributed by atoms with Crippen LogP contribution in [0.25, 0.3) is 11.3 Å². The average molecular weight is 528 g/mol. The summed E-state index contributed by atoms with van der Waals surface area (Å²) in [6.45, 7) is 4.84. The first-order valence-electron chi connectivity index (χ1n) is 10.3. The molecule has 34 heavy (non-hydrogen) atoms.